The van der Waals surface area contributed by atoms with Crippen molar-refractivity contribution in [1.29, 1.82) is 0 Å². The molecule has 0 radical (unpaired) electrons. The number of hydrogen-bond donors (Lipinski definition) is 2. The molecule has 1 aromatic carbocycles. The smallest absolute Gasteiger partial charge is 0.253 e. The number of carbonyl (C=O) groups excluding carboxylic acids is 1. The number of carbonyl (C=O) groups is 1. The monoisotopic (exact) mass is 558 g/mol. The second kappa shape index (κ2) is 11.9. The first-order valence-electron chi connectivity index (χ1n) is 14.4. The van der Waals surface area contributed by atoms with Crippen LogP contribution in [0.2, 0.25) is 0 Å². The number of likely N-dealkylation sites (N-methyl/N-ethyl adjacent to an activating group) is 1. The van der Waals surface area contributed by atoms with Crippen LogP contribution in [0.25, 0.3) is 22.0 Å². The number of nitrogens with one attached hydrogen (secondary N) is 2. The number of anilines is 1. The molecule has 2 N–H and O–H groups in total. The molecule has 0 saturated carbocycles. The molecule has 1 amide bonds. The van der Waals surface area contributed by atoms with Gasteiger partial charge >= 0.3 is 0 Å². The minimum Gasteiger partial charge on any atom is -0.354 e. The summed E-state index contributed by atoms with van der Waals surface area (Å²) in [5.74, 6) is 0.0409. The van der Waals surface area contributed by atoms with Gasteiger partial charge in [0, 0.05) is 73.4 Å². The third-order valence-corrected chi connectivity index (χ3v) is 7.90. The van der Waals surface area contributed by atoms with Crippen LogP contribution in [0, 0.1) is 12.7 Å². The Bertz CT molecular complexity index is 1610. The Labute approximate surface area is 240 Å². The number of rotatable bonds is 8. The van der Waals surface area contributed by atoms with Gasteiger partial charge in [0.15, 0.2) is 0 Å². The van der Waals surface area contributed by atoms with Crippen LogP contribution in [0.5, 0.6) is 0 Å². The summed E-state index contributed by atoms with van der Waals surface area (Å²) in [6, 6.07) is 9.60. The zero-order valence-electron chi connectivity index (χ0n) is 24.6. The van der Waals surface area contributed by atoms with Gasteiger partial charge in [0.1, 0.15) is 11.6 Å². The second-order valence-corrected chi connectivity index (χ2v) is 11.3. The van der Waals surface area contributed by atoms with Crippen LogP contribution in [-0.4, -0.2) is 58.6 Å². The molecule has 4 heterocycles. The first kappa shape index (κ1) is 28.5. The molecule has 4 aromatic rings. The summed E-state index contributed by atoms with van der Waals surface area (Å²) in [4.78, 5) is 38.5. The van der Waals surface area contributed by atoms with Gasteiger partial charge in [-0.1, -0.05) is 13.3 Å². The van der Waals surface area contributed by atoms with Crippen molar-refractivity contribution in [1.82, 2.24) is 24.8 Å². The number of benzene rings is 1. The van der Waals surface area contributed by atoms with Gasteiger partial charge in [-0.05, 0) is 75.7 Å². The van der Waals surface area contributed by atoms with Crippen LogP contribution in [-0.2, 0) is 13.0 Å². The van der Waals surface area contributed by atoms with Crippen LogP contribution in [0.15, 0.2) is 47.5 Å². The summed E-state index contributed by atoms with van der Waals surface area (Å²) in [6.45, 7) is 11.7. The zero-order valence-corrected chi connectivity index (χ0v) is 24.6. The molecular weight excluding hydrogens is 519 g/mol. The molecule has 0 atom stereocenters. The fourth-order valence-corrected chi connectivity index (χ4v) is 5.63. The standard InChI is InChI=1S/C32H39FN6O2/c1-6-7-22-14-21(4)36-32(41)26(22)18-35-31(40)25-15-24(16-28-30(25)27(33)19-39(28)20(2)3)23-8-9-29(34-17-23)38-12-10-37(5)11-13-38/h8-9,14-17,19-20H,6-7,10-13,18H2,1-5H3,(H,35,40)(H,36,41). The van der Waals surface area contributed by atoms with Gasteiger partial charge in [-0.3, -0.25) is 9.59 Å². The zero-order chi connectivity index (χ0) is 29.3. The number of H-pyrrole nitrogens is 1. The predicted molar refractivity (Wildman–Crippen MR) is 162 cm³/mol. The van der Waals surface area contributed by atoms with E-state index in [1.54, 1.807) is 6.07 Å². The molecule has 9 heteroatoms. The number of pyridine rings is 2. The van der Waals surface area contributed by atoms with Gasteiger partial charge in [0.05, 0.1) is 11.1 Å². The number of hydrogen-bond acceptors (Lipinski definition) is 5. The summed E-state index contributed by atoms with van der Waals surface area (Å²) in [5.41, 5.74) is 4.51. The van der Waals surface area contributed by atoms with Crippen LogP contribution >= 0.6 is 0 Å². The number of nitrogens with zero attached hydrogens (tertiary/aromatic N) is 4. The van der Waals surface area contributed by atoms with E-state index in [1.807, 2.05) is 55.8 Å². The van der Waals surface area contributed by atoms with Crippen molar-refractivity contribution in [3.05, 3.63) is 81.3 Å². The Kier molecular flexibility index (Phi) is 8.26. The van der Waals surface area contributed by atoms with Crippen LogP contribution in [0.4, 0.5) is 10.2 Å². The van der Waals surface area contributed by atoms with Crippen LogP contribution in [0.1, 0.15) is 60.4 Å². The van der Waals surface area contributed by atoms with Gasteiger partial charge in [0.2, 0.25) is 0 Å². The number of halogens is 1. The molecule has 1 fully saturated rings. The minimum absolute atomic E-state index is 0.00591. The van der Waals surface area contributed by atoms with E-state index in [9.17, 15) is 9.59 Å². The van der Waals surface area contributed by atoms with E-state index in [0.29, 0.717) is 11.1 Å². The van der Waals surface area contributed by atoms with Crippen LogP contribution in [0.3, 0.4) is 0 Å². The summed E-state index contributed by atoms with van der Waals surface area (Å²) in [6.07, 6.45) is 4.88. The highest BCUT2D eigenvalue weighted by Gasteiger charge is 2.22. The highest BCUT2D eigenvalue weighted by molar-refractivity contribution is 6.08. The first-order chi connectivity index (χ1) is 19.7. The van der Waals surface area contributed by atoms with Gasteiger partial charge in [-0.15, -0.1) is 0 Å². The molecule has 5 rings (SSSR count). The van der Waals surface area contributed by atoms with Crippen molar-refractivity contribution < 1.29 is 9.18 Å². The highest BCUT2D eigenvalue weighted by atomic mass is 19.1. The van der Waals surface area contributed by atoms with Crippen molar-refractivity contribution in [2.24, 2.45) is 0 Å². The number of amides is 1. The Balaban J connectivity index is 1.51. The molecule has 8 nitrogen and oxygen atoms in total. The average Bonchev–Trinajstić information content (AvgIpc) is 3.29. The Hall–Kier alpha value is -3.98. The summed E-state index contributed by atoms with van der Waals surface area (Å²) in [5, 5.41) is 3.18. The lowest BCUT2D eigenvalue weighted by Crippen LogP contribution is -2.44. The van der Waals surface area contributed by atoms with Gasteiger partial charge in [0.25, 0.3) is 11.5 Å². The summed E-state index contributed by atoms with van der Waals surface area (Å²) < 4.78 is 17.2. The maximum Gasteiger partial charge on any atom is 0.253 e. The van der Waals surface area contributed by atoms with E-state index in [2.05, 4.69) is 34.1 Å². The SMILES string of the molecule is CCCc1cc(C)[nH]c(=O)c1CNC(=O)c1cc(-c2ccc(N3CCN(C)CC3)nc2)cc2c1c(F)cn2C(C)C. The molecular formula is C32H39FN6O2. The van der Waals surface area contributed by atoms with Crippen molar-refractivity contribution in [2.45, 2.75) is 53.1 Å². The lowest BCUT2D eigenvalue weighted by molar-refractivity contribution is 0.0952. The van der Waals surface area contributed by atoms with E-state index < -0.39 is 11.7 Å². The second-order valence-electron chi connectivity index (χ2n) is 11.3. The highest BCUT2D eigenvalue weighted by Crippen LogP contribution is 2.33. The summed E-state index contributed by atoms with van der Waals surface area (Å²) >= 11 is 0. The van der Waals surface area contributed by atoms with Gasteiger partial charge in [-0.25, -0.2) is 9.37 Å². The molecule has 0 unspecified atom stereocenters. The molecule has 216 valence electrons. The lowest BCUT2D eigenvalue weighted by atomic mass is 10.00. The largest absolute Gasteiger partial charge is 0.354 e. The average molecular weight is 559 g/mol. The van der Waals surface area contributed by atoms with Crippen molar-refractivity contribution in [3.63, 3.8) is 0 Å². The fraction of sp³-hybridized carbons (Fsp3) is 0.406. The van der Waals surface area contributed by atoms with E-state index in [-0.39, 0.29) is 29.1 Å². The normalized spacial score (nSPS) is 14.3. The van der Waals surface area contributed by atoms with Gasteiger partial charge in [-0.2, -0.15) is 0 Å². The number of aryl methyl sites for hydroxylation is 2. The van der Waals surface area contributed by atoms with Crippen molar-refractivity contribution in [2.75, 3.05) is 38.1 Å². The first-order valence-corrected chi connectivity index (χ1v) is 14.4. The molecule has 1 aliphatic rings. The molecule has 3 aromatic heterocycles. The Morgan fingerprint density at radius 1 is 1.12 bits per heavy atom. The van der Waals surface area contributed by atoms with E-state index in [0.717, 1.165) is 67.2 Å². The van der Waals surface area contributed by atoms with E-state index in [4.69, 9.17) is 4.98 Å². The molecule has 1 aliphatic heterocycles. The summed E-state index contributed by atoms with van der Waals surface area (Å²) in [7, 11) is 2.12. The van der Waals surface area contributed by atoms with Crippen molar-refractivity contribution >= 4 is 22.6 Å². The van der Waals surface area contributed by atoms with E-state index in [1.165, 1.54) is 6.20 Å². The minimum atomic E-state index is -0.450. The molecule has 1 saturated heterocycles. The molecule has 0 bridgehead atoms. The third-order valence-electron chi connectivity index (χ3n) is 7.90. The quantitative estimate of drug-likeness (QED) is 0.316. The number of fused-ring (bicyclic) bond motifs is 1. The molecule has 0 aliphatic carbocycles. The van der Waals surface area contributed by atoms with E-state index >= 15 is 4.39 Å². The number of aromatic nitrogens is 3. The van der Waals surface area contributed by atoms with Gasteiger partial charge < -0.3 is 24.7 Å². The van der Waals surface area contributed by atoms with Crippen molar-refractivity contribution in [3.8, 4) is 11.1 Å². The fourth-order valence-electron chi connectivity index (χ4n) is 5.63. The molecule has 41 heavy (non-hydrogen) atoms. The lowest BCUT2D eigenvalue weighted by Gasteiger charge is -2.33. The molecule has 0 spiro atoms. The third kappa shape index (κ3) is 5.91. The topological polar surface area (TPSA) is 86.3 Å². The van der Waals surface area contributed by atoms with Crippen LogP contribution < -0.4 is 15.8 Å². The maximum atomic E-state index is 15.4. The Morgan fingerprint density at radius 3 is 2.54 bits per heavy atom. The number of piperazine rings is 1. The maximum absolute atomic E-state index is 15.4. The predicted octanol–water partition coefficient (Wildman–Crippen LogP) is 5.05. The Morgan fingerprint density at radius 2 is 1.88 bits per heavy atom. The number of aromatic amines is 1.